The van der Waals surface area contributed by atoms with Crippen molar-refractivity contribution >= 4 is 23.4 Å². The Morgan fingerprint density at radius 2 is 1.70 bits per heavy atom. The van der Waals surface area contributed by atoms with E-state index < -0.39 is 5.91 Å². The zero-order valence-corrected chi connectivity index (χ0v) is 16.1. The van der Waals surface area contributed by atoms with E-state index >= 15 is 0 Å². The Morgan fingerprint density at radius 3 is 2.33 bits per heavy atom. The summed E-state index contributed by atoms with van der Waals surface area (Å²) in [6.07, 6.45) is 0. The fourth-order valence-electron chi connectivity index (χ4n) is 2.49. The smallest absolute Gasteiger partial charge is 0.255 e. The maximum absolute atomic E-state index is 12.8. The Hall–Kier alpha value is -2.93. The summed E-state index contributed by atoms with van der Waals surface area (Å²) in [7, 11) is 4.68. The molecule has 2 aromatic carbocycles. The molecule has 27 heavy (non-hydrogen) atoms. The number of nitrogens with zero attached hydrogens (tertiary/aromatic N) is 1. The van der Waals surface area contributed by atoms with Gasteiger partial charge in [-0.05, 0) is 36.4 Å². The lowest BCUT2D eigenvalue weighted by Crippen LogP contribution is -2.26. The number of primary amides is 1. The van der Waals surface area contributed by atoms with Crippen molar-refractivity contribution in [1.82, 2.24) is 4.90 Å². The number of ether oxygens (including phenoxy) is 3. The number of amides is 2. The molecule has 0 aliphatic carbocycles. The highest BCUT2D eigenvalue weighted by molar-refractivity contribution is 6.30. The van der Waals surface area contributed by atoms with Crippen molar-refractivity contribution in [3.05, 3.63) is 52.5 Å². The molecule has 0 radical (unpaired) electrons. The Kier molecular flexibility index (Phi) is 6.90. The van der Waals surface area contributed by atoms with Crippen LogP contribution in [0.2, 0.25) is 5.02 Å². The lowest BCUT2D eigenvalue weighted by Gasteiger charge is -2.20. The molecule has 2 amide bonds. The van der Waals surface area contributed by atoms with Crippen LogP contribution in [0.25, 0.3) is 0 Å². The second-order valence-corrected chi connectivity index (χ2v) is 6.17. The summed E-state index contributed by atoms with van der Waals surface area (Å²) < 4.78 is 15.8. The molecule has 0 saturated carbocycles. The number of carbonyl (C=O) groups excluding carboxylic acids is 2. The van der Waals surface area contributed by atoms with Crippen molar-refractivity contribution in [1.29, 1.82) is 0 Å². The van der Waals surface area contributed by atoms with Gasteiger partial charge in [0.25, 0.3) is 11.8 Å². The largest absolute Gasteiger partial charge is 0.496 e. The Bertz CT molecular complexity index is 841. The molecule has 144 valence electrons. The van der Waals surface area contributed by atoms with Crippen molar-refractivity contribution in [3.8, 4) is 17.2 Å². The number of methoxy groups -OCH3 is 2. The third-order valence-corrected chi connectivity index (χ3v) is 4.01. The van der Waals surface area contributed by atoms with E-state index in [1.165, 1.54) is 12.0 Å². The van der Waals surface area contributed by atoms with E-state index in [2.05, 4.69) is 0 Å². The highest BCUT2D eigenvalue weighted by atomic mass is 35.5. The van der Waals surface area contributed by atoms with Crippen LogP contribution in [-0.2, 0) is 11.3 Å². The topological polar surface area (TPSA) is 91.1 Å². The van der Waals surface area contributed by atoms with Crippen molar-refractivity contribution in [2.45, 2.75) is 6.54 Å². The molecule has 0 heterocycles. The van der Waals surface area contributed by atoms with Crippen molar-refractivity contribution in [2.24, 2.45) is 5.73 Å². The molecule has 0 atom stereocenters. The molecular weight excluding hydrogens is 372 g/mol. The molecule has 0 spiro atoms. The first-order valence-electron chi connectivity index (χ1n) is 8.02. The van der Waals surface area contributed by atoms with Gasteiger partial charge in [-0.25, -0.2) is 0 Å². The van der Waals surface area contributed by atoms with Crippen LogP contribution in [0.15, 0.2) is 36.4 Å². The number of hydrogen-bond donors (Lipinski definition) is 1. The average Bonchev–Trinajstić information content (AvgIpc) is 2.65. The zero-order chi connectivity index (χ0) is 20.0. The molecule has 2 aromatic rings. The fourth-order valence-corrected chi connectivity index (χ4v) is 2.68. The number of hydrogen-bond acceptors (Lipinski definition) is 5. The summed E-state index contributed by atoms with van der Waals surface area (Å²) in [4.78, 5) is 25.2. The molecule has 8 heteroatoms. The molecule has 7 nitrogen and oxygen atoms in total. The van der Waals surface area contributed by atoms with E-state index in [0.29, 0.717) is 34.4 Å². The minimum atomic E-state index is -0.604. The number of halogens is 1. The molecule has 0 aliphatic rings. The predicted octanol–water partition coefficient (Wildman–Crippen LogP) is 2.49. The van der Waals surface area contributed by atoms with Crippen LogP contribution in [0.4, 0.5) is 0 Å². The van der Waals surface area contributed by atoms with Gasteiger partial charge in [-0.3, -0.25) is 9.59 Å². The van der Waals surface area contributed by atoms with Gasteiger partial charge in [-0.1, -0.05) is 11.6 Å². The molecular formula is C19H21ClN2O5. The van der Waals surface area contributed by atoms with Gasteiger partial charge >= 0.3 is 0 Å². The number of carbonyl (C=O) groups is 2. The van der Waals surface area contributed by atoms with Gasteiger partial charge in [0.1, 0.15) is 5.75 Å². The molecule has 0 unspecified atom stereocenters. The van der Waals surface area contributed by atoms with Crippen molar-refractivity contribution in [2.75, 3.05) is 27.9 Å². The third-order valence-electron chi connectivity index (χ3n) is 3.78. The molecule has 0 fully saturated rings. The highest BCUT2D eigenvalue weighted by Gasteiger charge is 2.17. The normalized spacial score (nSPS) is 10.2. The molecule has 2 N–H and O–H groups in total. The quantitative estimate of drug-likeness (QED) is 0.745. The SMILES string of the molecule is COc1ccc(Cl)cc1CN(C)C(=O)c1ccc(OCC(N)=O)c(OC)c1. The van der Waals surface area contributed by atoms with E-state index in [9.17, 15) is 9.59 Å². The maximum Gasteiger partial charge on any atom is 0.255 e. The number of rotatable bonds is 8. The summed E-state index contributed by atoms with van der Waals surface area (Å²) >= 11 is 6.04. The second kappa shape index (κ2) is 9.14. The third kappa shape index (κ3) is 5.27. The van der Waals surface area contributed by atoms with E-state index in [4.69, 9.17) is 31.5 Å². The molecule has 2 rings (SSSR count). The summed E-state index contributed by atoms with van der Waals surface area (Å²) in [6.45, 7) is 0.0307. The maximum atomic E-state index is 12.8. The van der Waals surface area contributed by atoms with Crippen LogP contribution in [0.1, 0.15) is 15.9 Å². The van der Waals surface area contributed by atoms with Gasteiger partial charge < -0.3 is 24.8 Å². The van der Waals surface area contributed by atoms with E-state index in [1.807, 2.05) is 0 Å². The standard InChI is InChI=1S/C19H21ClN2O5/c1-22(10-13-8-14(20)5-7-15(13)25-2)19(24)12-4-6-16(17(9-12)26-3)27-11-18(21)23/h4-9H,10-11H2,1-3H3,(H2,21,23). The van der Waals surface area contributed by atoms with E-state index in [0.717, 1.165) is 5.56 Å². The Labute approximate surface area is 162 Å². The van der Waals surface area contributed by atoms with Crippen molar-refractivity contribution in [3.63, 3.8) is 0 Å². The minimum Gasteiger partial charge on any atom is -0.496 e. The van der Waals surface area contributed by atoms with Crippen LogP contribution in [0.3, 0.4) is 0 Å². The summed E-state index contributed by atoms with van der Waals surface area (Å²) in [5, 5.41) is 0.560. The minimum absolute atomic E-state index is 0.225. The van der Waals surface area contributed by atoms with E-state index in [1.54, 1.807) is 50.6 Å². The monoisotopic (exact) mass is 392 g/mol. The van der Waals surface area contributed by atoms with Gasteiger partial charge in [0.05, 0.1) is 14.2 Å². The van der Waals surface area contributed by atoms with Gasteiger partial charge in [0, 0.05) is 29.7 Å². The van der Waals surface area contributed by atoms with Gasteiger partial charge in [0.15, 0.2) is 18.1 Å². The summed E-state index contributed by atoms with van der Waals surface area (Å²) in [5.74, 6) is 0.471. The van der Waals surface area contributed by atoms with Crippen LogP contribution < -0.4 is 19.9 Å². The number of nitrogens with two attached hydrogens (primary N) is 1. The first-order valence-corrected chi connectivity index (χ1v) is 8.40. The highest BCUT2D eigenvalue weighted by Crippen LogP contribution is 2.29. The zero-order valence-electron chi connectivity index (χ0n) is 15.3. The van der Waals surface area contributed by atoms with Crippen LogP contribution in [0.5, 0.6) is 17.2 Å². The molecule has 0 saturated heterocycles. The van der Waals surface area contributed by atoms with Crippen molar-refractivity contribution < 1.29 is 23.8 Å². The van der Waals surface area contributed by atoms with Crippen LogP contribution >= 0.6 is 11.6 Å². The van der Waals surface area contributed by atoms with Crippen LogP contribution in [-0.4, -0.2) is 44.6 Å². The van der Waals surface area contributed by atoms with E-state index in [-0.39, 0.29) is 12.5 Å². The summed E-state index contributed by atoms with van der Waals surface area (Å²) in [6, 6.07) is 9.93. The Balaban J connectivity index is 2.19. The lowest BCUT2D eigenvalue weighted by molar-refractivity contribution is -0.119. The first kappa shape index (κ1) is 20.4. The fraction of sp³-hybridized carbons (Fsp3) is 0.263. The first-order chi connectivity index (χ1) is 12.8. The predicted molar refractivity (Wildman–Crippen MR) is 101 cm³/mol. The number of benzene rings is 2. The lowest BCUT2D eigenvalue weighted by atomic mass is 10.1. The molecule has 0 aliphatic heterocycles. The summed E-state index contributed by atoms with van der Waals surface area (Å²) in [5.41, 5.74) is 6.26. The van der Waals surface area contributed by atoms with Gasteiger partial charge in [0.2, 0.25) is 0 Å². The molecule has 0 bridgehead atoms. The van der Waals surface area contributed by atoms with Gasteiger partial charge in [-0.2, -0.15) is 0 Å². The Morgan fingerprint density at radius 1 is 1.04 bits per heavy atom. The molecule has 0 aromatic heterocycles. The van der Waals surface area contributed by atoms with Crippen LogP contribution in [0, 0.1) is 0 Å². The van der Waals surface area contributed by atoms with Gasteiger partial charge in [-0.15, -0.1) is 0 Å². The second-order valence-electron chi connectivity index (χ2n) is 5.74. The average molecular weight is 393 g/mol.